The molecule has 0 saturated carbocycles. The third-order valence-corrected chi connectivity index (χ3v) is 3.27. The Hall–Kier alpha value is 0.420. The van der Waals surface area contributed by atoms with E-state index in [1.54, 1.807) is 0 Å². The zero-order chi connectivity index (χ0) is 12.0. The highest BCUT2D eigenvalue weighted by atomic mass is 35.5. The lowest BCUT2D eigenvalue weighted by molar-refractivity contribution is 0.129. The molecule has 0 unspecified atom stereocenters. The smallest absolute Gasteiger partial charge is 0.0665 e. The largest absolute Gasteiger partial charge is 0.392 e. The van der Waals surface area contributed by atoms with Gasteiger partial charge in [-0.3, -0.25) is 0 Å². The highest BCUT2D eigenvalue weighted by molar-refractivity contribution is 5.85. The summed E-state index contributed by atoms with van der Waals surface area (Å²) in [6.45, 7) is 5.85. The number of β-amino-alcohol motifs (C(OH)–C–C–N with tert-alkyl or cyclic N) is 2. The second-order valence-corrected chi connectivity index (χ2v) is 5.08. The Morgan fingerprint density at radius 1 is 0.722 bits per heavy atom. The van der Waals surface area contributed by atoms with E-state index in [0.717, 1.165) is 38.8 Å². The number of halogens is 2. The van der Waals surface area contributed by atoms with Crippen molar-refractivity contribution in [3.05, 3.63) is 0 Å². The molecule has 4 atom stereocenters. The molecule has 6 heteroatoms. The predicted molar refractivity (Wildman–Crippen MR) is 79.9 cm³/mol. The fourth-order valence-corrected chi connectivity index (χ4v) is 1.97. The minimum atomic E-state index is -0.0915. The number of hydrogen-bond acceptors (Lipinski definition) is 4. The van der Waals surface area contributed by atoms with Gasteiger partial charge < -0.3 is 20.8 Å². The highest BCUT2D eigenvalue weighted by Gasteiger charge is 2.14. The zero-order valence-electron chi connectivity index (χ0n) is 11.3. The number of rotatable bonds is 0. The Morgan fingerprint density at radius 2 is 1.06 bits per heavy atom. The van der Waals surface area contributed by atoms with Crippen molar-refractivity contribution in [1.29, 1.82) is 0 Å². The monoisotopic (exact) mass is 302 g/mol. The summed E-state index contributed by atoms with van der Waals surface area (Å²) >= 11 is 0. The van der Waals surface area contributed by atoms with Crippen molar-refractivity contribution in [3.63, 3.8) is 0 Å². The lowest BCUT2D eigenvalue weighted by Gasteiger charge is -2.23. The maximum atomic E-state index is 8.96. The second-order valence-electron chi connectivity index (χ2n) is 5.08. The summed E-state index contributed by atoms with van der Waals surface area (Å²) < 4.78 is 0. The summed E-state index contributed by atoms with van der Waals surface area (Å²) in [6.07, 6.45) is 3.97. The first-order valence-corrected chi connectivity index (χ1v) is 6.41. The van der Waals surface area contributed by atoms with E-state index in [1.165, 1.54) is 0 Å². The van der Waals surface area contributed by atoms with Gasteiger partial charge in [-0.25, -0.2) is 0 Å². The molecule has 0 aliphatic carbocycles. The number of nitrogens with one attached hydrogen (secondary N) is 2. The zero-order valence-corrected chi connectivity index (χ0v) is 12.9. The Kier molecular flexibility index (Phi) is 13.0. The number of piperidine rings is 2. The van der Waals surface area contributed by atoms with Crippen LogP contribution in [0, 0.1) is 0 Å². The van der Waals surface area contributed by atoms with Gasteiger partial charge in [0.1, 0.15) is 0 Å². The second kappa shape index (κ2) is 11.3. The van der Waals surface area contributed by atoms with Crippen LogP contribution in [0.25, 0.3) is 0 Å². The molecule has 2 aliphatic rings. The molecule has 0 spiro atoms. The van der Waals surface area contributed by atoms with Crippen LogP contribution in [0.2, 0.25) is 0 Å². The Morgan fingerprint density at radius 3 is 1.22 bits per heavy atom. The van der Waals surface area contributed by atoms with Gasteiger partial charge in [-0.1, -0.05) is 0 Å². The molecule has 2 rings (SSSR count). The quantitative estimate of drug-likeness (QED) is 0.541. The minimum absolute atomic E-state index is 0. The number of aliphatic hydroxyl groups excluding tert-OH is 2. The van der Waals surface area contributed by atoms with Crippen molar-refractivity contribution < 1.29 is 10.2 Å². The summed E-state index contributed by atoms with van der Waals surface area (Å²) in [6, 6.07) is 1.22. The predicted octanol–water partition coefficient (Wildman–Crippen LogP) is 1.08. The van der Waals surface area contributed by atoms with Gasteiger partial charge in [-0.2, -0.15) is 0 Å². The molecule has 2 fully saturated rings. The van der Waals surface area contributed by atoms with Gasteiger partial charge in [0.05, 0.1) is 12.2 Å². The van der Waals surface area contributed by atoms with Gasteiger partial charge in [-0.15, -0.1) is 24.8 Å². The third kappa shape index (κ3) is 9.36. The molecule has 0 bridgehead atoms. The van der Waals surface area contributed by atoms with Crippen LogP contribution in [-0.2, 0) is 0 Å². The SMILES string of the molecule is C[C@@H]1CC[C@@H](O)CN1.C[C@H]1CC[C@H](O)CN1.Cl.Cl. The lowest BCUT2D eigenvalue weighted by atomic mass is 10.0. The van der Waals surface area contributed by atoms with Crippen molar-refractivity contribution in [2.24, 2.45) is 0 Å². The van der Waals surface area contributed by atoms with Crippen LogP contribution in [0.5, 0.6) is 0 Å². The minimum Gasteiger partial charge on any atom is -0.392 e. The lowest BCUT2D eigenvalue weighted by Crippen LogP contribution is -2.39. The fourth-order valence-electron chi connectivity index (χ4n) is 1.97. The van der Waals surface area contributed by atoms with Crippen molar-refractivity contribution in [2.45, 2.75) is 63.8 Å². The first kappa shape index (κ1) is 20.7. The molecular formula is C12H28Cl2N2O2. The number of aliphatic hydroxyl groups is 2. The van der Waals surface area contributed by atoms with E-state index in [1.807, 2.05) is 0 Å². The first-order chi connectivity index (χ1) is 7.58. The van der Waals surface area contributed by atoms with Gasteiger partial charge in [0.2, 0.25) is 0 Å². The average Bonchev–Trinajstić information content (AvgIpc) is 2.28. The van der Waals surface area contributed by atoms with Crippen LogP contribution in [-0.4, -0.2) is 47.6 Å². The molecule has 0 amide bonds. The molecule has 4 N–H and O–H groups in total. The molecule has 2 heterocycles. The maximum absolute atomic E-state index is 8.96. The molecule has 4 nitrogen and oxygen atoms in total. The summed E-state index contributed by atoms with van der Waals surface area (Å²) in [5, 5.41) is 24.3. The standard InChI is InChI=1S/2C6H13NO.2ClH/c2*1-5-2-3-6(8)4-7-5;;/h2*5-8H,2-4H2,1H3;2*1H/t2*5-,6-;;/m10../s1. The third-order valence-electron chi connectivity index (χ3n) is 3.27. The van der Waals surface area contributed by atoms with E-state index in [-0.39, 0.29) is 37.0 Å². The molecule has 0 aromatic carbocycles. The van der Waals surface area contributed by atoms with Gasteiger partial charge in [-0.05, 0) is 39.5 Å². The van der Waals surface area contributed by atoms with Gasteiger partial charge >= 0.3 is 0 Å². The van der Waals surface area contributed by atoms with Crippen LogP contribution in [0.3, 0.4) is 0 Å². The fraction of sp³-hybridized carbons (Fsp3) is 1.00. The van der Waals surface area contributed by atoms with E-state index >= 15 is 0 Å². The maximum Gasteiger partial charge on any atom is 0.0665 e. The summed E-state index contributed by atoms with van der Waals surface area (Å²) in [5.41, 5.74) is 0. The molecule has 0 radical (unpaired) electrons. The summed E-state index contributed by atoms with van der Waals surface area (Å²) in [7, 11) is 0. The van der Waals surface area contributed by atoms with Crippen LogP contribution >= 0.6 is 24.8 Å². The van der Waals surface area contributed by atoms with Crippen LogP contribution in [0.15, 0.2) is 0 Å². The molecule has 112 valence electrons. The Labute approximate surface area is 123 Å². The Bertz CT molecular complexity index is 143. The Balaban J connectivity index is 0. The molecule has 2 aliphatic heterocycles. The van der Waals surface area contributed by atoms with Crippen LogP contribution in [0.4, 0.5) is 0 Å². The topological polar surface area (TPSA) is 64.5 Å². The van der Waals surface area contributed by atoms with Gasteiger partial charge in [0, 0.05) is 25.2 Å². The number of hydrogen-bond donors (Lipinski definition) is 4. The van der Waals surface area contributed by atoms with Crippen LogP contribution in [0.1, 0.15) is 39.5 Å². The van der Waals surface area contributed by atoms with E-state index in [9.17, 15) is 0 Å². The van der Waals surface area contributed by atoms with Gasteiger partial charge in [0.15, 0.2) is 0 Å². The van der Waals surface area contributed by atoms with Crippen molar-refractivity contribution in [2.75, 3.05) is 13.1 Å². The van der Waals surface area contributed by atoms with Crippen molar-refractivity contribution >= 4 is 24.8 Å². The van der Waals surface area contributed by atoms with Gasteiger partial charge in [0.25, 0.3) is 0 Å². The first-order valence-electron chi connectivity index (χ1n) is 6.41. The molecule has 18 heavy (non-hydrogen) atoms. The van der Waals surface area contributed by atoms with Crippen LogP contribution < -0.4 is 10.6 Å². The molecule has 0 aromatic heterocycles. The molecule has 0 aromatic rings. The molecular weight excluding hydrogens is 275 g/mol. The highest BCUT2D eigenvalue weighted by Crippen LogP contribution is 2.06. The normalized spacial score (nSPS) is 35.3. The van der Waals surface area contributed by atoms with E-state index in [0.29, 0.717) is 12.1 Å². The van der Waals surface area contributed by atoms with E-state index in [4.69, 9.17) is 10.2 Å². The average molecular weight is 303 g/mol. The van der Waals surface area contributed by atoms with E-state index < -0.39 is 0 Å². The summed E-state index contributed by atoms with van der Waals surface area (Å²) in [4.78, 5) is 0. The van der Waals surface area contributed by atoms with Crippen molar-refractivity contribution in [1.82, 2.24) is 10.6 Å². The van der Waals surface area contributed by atoms with Crippen molar-refractivity contribution in [3.8, 4) is 0 Å². The van der Waals surface area contributed by atoms with E-state index in [2.05, 4.69) is 24.5 Å². The molecule has 2 saturated heterocycles. The summed E-state index contributed by atoms with van der Waals surface area (Å²) in [5.74, 6) is 0.